The second-order valence-corrected chi connectivity index (χ2v) is 6.18. The van der Waals surface area contributed by atoms with Gasteiger partial charge in [-0.1, -0.05) is 12.1 Å². The molecule has 0 atom stereocenters. The lowest BCUT2D eigenvalue weighted by molar-refractivity contribution is -0.125. The maximum Gasteiger partial charge on any atom is 0.227 e. The van der Waals surface area contributed by atoms with Crippen LogP contribution >= 0.6 is 0 Å². The van der Waals surface area contributed by atoms with Crippen molar-refractivity contribution < 1.29 is 9.59 Å². The van der Waals surface area contributed by atoms with Crippen molar-refractivity contribution in [3.8, 4) is 5.69 Å². The summed E-state index contributed by atoms with van der Waals surface area (Å²) < 4.78 is 2.11. The van der Waals surface area contributed by atoms with Gasteiger partial charge in [-0.25, -0.2) is 0 Å². The van der Waals surface area contributed by atoms with Crippen molar-refractivity contribution in [2.24, 2.45) is 0 Å². The fourth-order valence-electron chi connectivity index (χ4n) is 3.03. The molecule has 0 radical (unpaired) electrons. The van der Waals surface area contributed by atoms with E-state index < -0.39 is 0 Å². The third-order valence-electron chi connectivity index (χ3n) is 4.39. The smallest absolute Gasteiger partial charge is 0.227 e. The van der Waals surface area contributed by atoms with E-state index in [0.717, 1.165) is 29.9 Å². The number of amides is 2. The molecule has 0 bridgehead atoms. The Kier molecular flexibility index (Phi) is 3.41. The van der Waals surface area contributed by atoms with Gasteiger partial charge in [0.2, 0.25) is 11.8 Å². The van der Waals surface area contributed by atoms with Crippen molar-refractivity contribution in [1.82, 2.24) is 9.88 Å². The number of benzene rings is 1. The fourth-order valence-corrected chi connectivity index (χ4v) is 3.03. The molecule has 1 saturated carbocycles. The van der Waals surface area contributed by atoms with Crippen molar-refractivity contribution in [1.29, 1.82) is 0 Å². The van der Waals surface area contributed by atoms with Crippen molar-refractivity contribution in [2.75, 3.05) is 4.90 Å². The molecule has 2 aromatic rings. The summed E-state index contributed by atoms with van der Waals surface area (Å²) in [5.74, 6) is -0.0228. The predicted molar refractivity (Wildman–Crippen MR) is 87.4 cm³/mol. The van der Waals surface area contributed by atoms with Crippen molar-refractivity contribution >= 4 is 17.5 Å². The number of carbonyl (C=O) groups is 2. The molecule has 1 aromatic heterocycles. The van der Waals surface area contributed by atoms with Gasteiger partial charge in [-0.15, -0.1) is 0 Å². The van der Waals surface area contributed by atoms with E-state index in [1.165, 1.54) is 0 Å². The highest BCUT2D eigenvalue weighted by molar-refractivity contribution is 5.97. The number of fused-ring (bicyclic) bond motifs is 3. The fraction of sp³-hybridized carbons (Fsp3) is 0.333. The number of nitrogens with zero attached hydrogens (tertiary/aromatic N) is 2. The van der Waals surface area contributed by atoms with Gasteiger partial charge in [-0.3, -0.25) is 9.59 Å². The van der Waals surface area contributed by atoms with Gasteiger partial charge in [-0.05, 0) is 37.1 Å². The number of anilines is 1. The lowest BCUT2D eigenvalue weighted by atomic mass is 10.1. The Morgan fingerprint density at radius 2 is 1.83 bits per heavy atom. The van der Waals surface area contributed by atoms with Crippen LogP contribution in [0.5, 0.6) is 0 Å². The van der Waals surface area contributed by atoms with Gasteiger partial charge in [-0.2, -0.15) is 0 Å². The summed E-state index contributed by atoms with van der Waals surface area (Å²) in [5, 5.41) is 2.93. The van der Waals surface area contributed by atoms with Crippen LogP contribution in [0.25, 0.3) is 5.69 Å². The molecule has 2 heterocycles. The number of hydrogen-bond donors (Lipinski definition) is 1. The first kappa shape index (κ1) is 14.1. The molecule has 2 aliphatic rings. The molecular formula is C18H19N3O2. The summed E-state index contributed by atoms with van der Waals surface area (Å²) in [6.07, 6.45) is 4.65. The molecule has 4 rings (SSSR count). The zero-order valence-electron chi connectivity index (χ0n) is 12.9. The predicted octanol–water partition coefficient (Wildman–Crippen LogP) is 2.38. The van der Waals surface area contributed by atoms with Crippen molar-refractivity contribution in [3.05, 3.63) is 48.3 Å². The number of rotatable bonds is 4. The maximum absolute atomic E-state index is 12.6. The molecular weight excluding hydrogens is 290 g/mol. The molecule has 1 aliphatic heterocycles. The van der Waals surface area contributed by atoms with E-state index in [2.05, 4.69) is 9.88 Å². The van der Waals surface area contributed by atoms with E-state index >= 15 is 0 Å². The lowest BCUT2D eigenvalue weighted by Gasteiger charge is -2.31. The highest BCUT2D eigenvalue weighted by Gasteiger charge is 2.27. The largest absolute Gasteiger partial charge is 0.353 e. The standard InChI is InChI=1S/C18H19N3O2/c22-17(19-13-7-8-13)9-10-18(23)21-12-14-4-3-11-20(14)15-5-1-2-6-16(15)21/h1-6,11,13H,7-10,12H2,(H,19,22). The van der Waals surface area contributed by atoms with Gasteiger partial charge < -0.3 is 14.8 Å². The van der Waals surface area contributed by atoms with Gasteiger partial charge in [0.15, 0.2) is 0 Å². The molecule has 23 heavy (non-hydrogen) atoms. The molecule has 1 fully saturated rings. The average Bonchev–Trinajstić information content (AvgIpc) is 3.24. The minimum absolute atomic E-state index is 0.00385. The van der Waals surface area contributed by atoms with Crippen LogP contribution in [0.2, 0.25) is 0 Å². The number of carbonyl (C=O) groups excluding carboxylic acids is 2. The van der Waals surface area contributed by atoms with E-state index in [-0.39, 0.29) is 24.7 Å². The molecule has 1 aliphatic carbocycles. The Balaban J connectivity index is 1.50. The van der Waals surface area contributed by atoms with E-state index in [9.17, 15) is 9.59 Å². The minimum Gasteiger partial charge on any atom is -0.353 e. The average molecular weight is 309 g/mol. The first-order chi connectivity index (χ1) is 11.2. The van der Waals surface area contributed by atoms with Gasteiger partial charge in [0.25, 0.3) is 0 Å². The molecule has 5 heteroatoms. The molecule has 0 unspecified atom stereocenters. The molecule has 1 N–H and O–H groups in total. The Morgan fingerprint density at radius 1 is 1.04 bits per heavy atom. The summed E-state index contributed by atoms with van der Waals surface area (Å²) in [5.41, 5.74) is 3.00. The van der Waals surface area contributed by atoms with Gasteiger partial charge >= 0.3 is 0 Å². The summed E-state index contributed by atoms with van der Waals surface area (Å²) in [6, 6.07) is 12.2. The van der Waals surface area contributed by atoms with Gasteiger partial charge in [0.05, 0.1) is 17.9 Å². The summed E-state index contributed by atoms with van der Waals surface area (Å²) >= 11 is 0. The summed E-state index contributed by atoms with van der Waals surface area (Å²) in [7, 11) is 0. The molecule has 1 aromatic carbocycles. The number of hydrogen-bond acceptors (Lipinski definition) is 2. The SMILES string of the molecule is O=C(CCC(=O)N1Cc2cccn2-c2ccccc21)NC1CC1. The van der Waals surface area contributed by atoms with Gasteiger partial charge in [0, 0.05) is 30.8 Å². The molecule has 0 saturated heterocycles. The number of aromatic nitrogens is 1. The van der Waals surface area contributed by atoms with Crippen LogP contribution in [0.4, 0.5) is 5.69 Å². The first-order valence-electron chi connectivity index (χ1n) is 8.08. The zero-order chi connectivity index (χ0) is 15.8. The highest BCUT2D eigenvalue weighted by atomic mass is 16.2. The zero-order valence-corrected chi connectivity index (χ0v) is 12.9. The van der Waals surface area contributed by atoms with E-state index in [1.54, 1.807) is 4.90 Å². The van der Waals surface area contributed by atoms with Crippen LogP contribution in [0, 0.1) is 0 Å². The van der Waals surface area contributed by atoms with Crippen molar-refractivity contribution in [2.45, 2.75) is 38.3 Å². The van der Waals surface area contributed by atoms with Crippen LogP contribution in [-0.2, 0) is 16.1 Å². The quantitative estimate of drug-likeness (QED) is 0.943. The second-order valence-electron chi connectivity index (χ2n) is 6.18. The van der Waals surface area contributed by atoms with E-state index in [1.807, 2.05) is 42.6 Å². The third kappa shape index (κ3) is 2.74. The summed E-state index contributed by atoms with van der Waals surface area (Å²) in [4.78, 5) is 26.2. The summed E-state index contributed by atoms with van der Waals surface area (Å²) in [6.45, 7) is 0.549. The highest BCUT2D eigenvalue weighted by Crippen LogP contribution is 2.32. The number of nitrogens with one attached hydrogen (secondary N) is 1. The van der Waals surface area contributed by atoms with Crippen LogP contribution in [0.3, 0.4) is 0 Å². The molecule has 118 valence electrons. The van der Waals surface area contributed by atoms with Gasteiger partial charge in [0.1, 0.15) is 0 Å². The Hall–Kier alpha value is -2.56. The Morgan fingerprint density at radius 3 is 2.61 bits per heavy atom. The minimum atomic E-state index is -0.0190. The topological polar surface area (TPSA) is 54.3 Å². The Labute approximate surface area is 134 Å². The van der Waals surface area contributed by atoms with Crippen LogP contribution in [-0.4, -0.2) is 22.4 Å². The van der Waals surface area contributed by atoms with Crippen LogP contribution in [0.15, 0.2) is 42.6 Å². The number of para-hydroxylation sites is 2. The van der Waals surface area contributed by atoms with E-state index in [0.29, 0.717) is 12.6 Å². The molecule has 0 spiro atoms. The lowest BCUT2D eigenvalue weighted by Crippen LogP contribution is -2.35. The first-order valence-corrected chi connectivity index (χ1v) is 8.08. The van der Waals surface area contributed by atoms with E-state index in [4.69, 9.17) is 0 Å². The van der Waals surface area contributed by atoms with Crippen molar-refractivity contribution in [3.63, 3.8) is 0 Å². The molecule has 2 amide bonds. The normalized spacial score (nSPS) is 15.7. The maximum atomic E-state index is 12.6. The monoisotopic (exact) mass is 309 g/mol. The van der Waals surface area contributed by atoms with Crippen LogP contribution in [0.1, 0.15) is 31.4 Å². The molecule has 5 nitrogen and oxygen atoms in total. The van der Waals surface area contributed by atoms with Crippen LogP contribution < -0.4 is 10.2 Å². The third-order valence-corrected chi connectivity index (χ3v) is 4.39. The second kappa shape index (κ2) is 5.57. The Bertz CT molecular complexity index is 761.